The third-order valence-electron chi connectivity index (χ3n) is 3.41. The predicted octanol–water partition coefficient (Wildman–Crippen LogP) is 2.63. The van der Waals surface area contributed by atoms with Crippen molar-refractivity contribution in [2.24, 2.45) is 5.73 Å². The van der Waals surface area contributed by atoms with Crippen molar-refractivity contribution in [3.63, 3.8) is 0 Å². The van der Waals surface area contributed by atoms with E-state index in [1.807, 2.05) is 17.7 Å². The van der Waals surface area contributed by atoms with Crippen LogP contribution < -0.4 is 11.1 Å². The van der Waals surface area contributed by atoms with Crippen molar-refractivity contribution >= 4 is 41.8 Å². The molecule has 0 aliphatic heterocycles. The number of aryl methyl sites for hydroxylation is 1. The van der Waals surface area contributed by atoms with Crippen LogP contribution in [-0.2, 0) is 0 Å². The quantitative estimate of drug-likeness (QED) is 0.774. The lowest BCUT2D eigenvalue weighted by Crippen LogP contribution is -2.26. The van der Waals surface area contributed by atoms with Gasteiger partial charge in [-0.2, -0.15) is 5.10 Å². The number of nitrogens with two attached hydrogens (primary N) is 1. The summed E-state index contributed by atoms with van der Waals surface area (Å²) in [6, 6.07) is 2.10. The Bertz CT molecular complexity index is 642. The van der Waals surface area contributed by atoms with Gasteiger partial charge in [-0.25, -0.2) is 9.67 Å². The summed E-state index contributed by atoms with van der Waals surface area (Å²) in [5.74, 6) is -0.0868. The molecule has 0 radical (unpaired) electrons. The van der Waals surface area contributed by atoms with Crippen LogP contribution in [0.3, 0.4) is 0 Å². The zero-order valence-electron chi connectivity index (χ0n) is 13.7. The van der Waals surface area contributed by atoms with Gasteiger partial charge in [0.1, 0.15) is 0 Å². The Morgan fingerprint density at radius 3 is 2.65 bits per heavy atom. The number of unbranched alkanes of at least 4 members (excludes halogenated alkanes) is 1. The van der Waals surface area contributed by atoms with Crippen LogP contribution in [-0.4, -0.2) is 33.8 Å². The van der Waals surface area contributed by atoms with E-state index in [1.165, 1.54) is 0 Å². The highest BCUT2D eigenvalue weighted by atomic mass is 35.5. The van der Waals surface area contributed by atoms with Crippen molar-refractivity contribution in [2.75, 3.05) is 13.1 Å². The summed E-state index contributed by atoms with van der Waals surface area (Å²) in [5, 5.41) is 8.13. The van der Waals surface area contributed by atoms with Crippen LogP contribution in [0.15, 0.2) is 12.3 Å². The monoisotopic (exact) mass is 361 g/mol. The van der Waals surface area contributed by atoms with Gasteiger partial charge in [0.15, 0.2) is 5.65 Å². The molecule has 1 amide bonds. The predicted molar refractivity (Wildman–Crippen MR) is 97.8 cm³/mol. The minimum Gasteiger partial charge on any atom is -0.352 e. The number of halogens is 2. The van der Waals surface area contributed by atoms with E-state index in [2.05, 4.69) is 29.2 Å². The number of rotatable bonds is 6. The fourth-order valence-corrected chi connectivity index (χ4v) is 2.24. The molecular formula is C15H25Cl2N5O. The van der Waals surface area contributed by atoms with Crippen LogP contribution >= 0.6 is 24.8 Å². The number of pyridine rings is 1. The van der Waals surface area contributed by atoms with Gasteiger partial charge in [0.2, 0.25) is 0 Å². The molecule has 0 saturated carbocycles. The van der Waals surface area contributed by atoms with Gasteiger partial charge in [0.25, 0.3) is 5.91 Å². The highest BCUT2D eigenvalue weighted by Crippen LogP contribution is 2.19. The molecule has 3 N–H and O–H groups in total. The molecule has 130 valence electrons. The van der Waals surface area contributed by atoms with Gasteiger partial charge in [-0.3, -0.25) is 4.79 Å². The lowest BCUT2D eigenvalue weighted by atomic mass is 10.1. The Labute approximate surface area is 149 Å². The van der Waals surface area contributed by atoms with Crippen molar-refractivity contribution in [3.05, 3.63) is 23.5 Å². The SMILES string of the molecule is Cc1nc2c(cnn2C(C)C)cc1C(=O)NCCCCN.Cl.Cl. The maximum atomic E-state index is 12.2. The first-order chi connectivity index (χ1) is 10.0. The second-order valence-electron chi connectivity index (χ2n) is 5.47. The van der Waals surface area contributed by atoms with Gasteiger partial charge >= 0.3 is 0 Å². The summed E-state index contributed by atoms with van der Waals surface area (Å²) in [7, 11) is 0. The molecule has 0 spiro atoms. The standard InChI is InChI=1S/C15H23N5O.2ClH/c1-10(2)20-14-12(9-18-20)8-13(11(3)19-14)15(21)17-7-5-4-6-16;;/h8-10H,4-7,16H2,1-3H3,(H,17,21);2*1H. The maximum absolute atomic E-state index is 12.2. The molecule has 6 nitrogen and oxygen atoms in total. The van der Waals surface area contributed by atoms with E-state index < -0.39 is 0 Å². The van der Waals surface area contributed by atoms with E-state index in [-0.39, 0.29) is 36.8 Å². The molecule has 2 rings (SSSR count). The minimum absolute atomic E-state index is 0. The van der Waals surface area contributed by atoms with Crippen LogP contribution in [0.5, 0.6) is 0 Å². The van der Waals surface area contributed by atoms with Gasteiger partial charge < -0.3 is 11.1 Å². The number of nitrogens with zero attached hydrogens (tertiary/aromatic N) is 3. The summed E-state index contributed by atoms with van der Waals surface area (Å²) in [4.78, 5) is 16.7. The number of carbonyl (C=O) groups is 1. The molecule has 0 aliphatic rings. The molecule has 8 heteroatoms. The van der Waals surface area contributed by atoms with E-state index in [1.54, 1.807) is 6.20 Å². The molecular weight excluding hydrogens is 337 g/mol. The zero-order chi connectivity index (χ0) is 15.4. The number of aromatic nitrogens is 3. The number of fused-ring (bicyclic) bond motifs is 1. The Balaban J connectivity index is 0.00000242. The van der Waals surface area contributed by atoms with Gasteiger partial charge in [-0.1, -0.05) is 0 Å². The Morgan fingerprint density at radius 2 is 2.04 bits per heavy atom. The molecule has 2 aromatic heterocycles. The van der Waals surface area contributed by atoms with E-state index in [0.717, 1.165) is 29.6 Å². The van der Waals surface area contributed by atoms with Crippen LogP contribution in [0.4, 0.5) is 0 Å². The smallest absolute Gasteiger partial charge is 0.253 e. The van der Waals surface area contributed by atoms with E-state index in [4.69, 9.17) is 5.73 Å². The molecule has 2 heterocycles. The van der Waals surface area contributed by atoms with Crippen LogP contribution in [0.1, 0.15) is 48.8 Å². The molecule has 0 aliphatic carbocycles. The number of nitrogens with one attached hydrogen (secondary N) is 1. The van der Waals surface area contributed by atoms with Gasteiger partial charge in [0, 0.05) is 18.0 Å². The minimum atomic E-state index is -0.0868. The lowest BCUT2D eigenvalue weighted by Gasteiger charge is -2.09. The highest BCUT2D eigenvalue weighted by molar-refractivity contribution is 5.98. The Hall–Kier alpha value is -1.37. The fourth-order valence-electron chi connectivity index (χ4n) is 2.24. The number of amides is 1. The van der Waals surface area contributed by atoms with Crippen molar-refractivity contribution in [2.45, 2.75) is 39.7 Å². The maximum Gasteiger partial charge on any atom is 0.253 e. The molecule has 0 aromatic carbocycles. The average Bonchev–Trinajstić information content (AvgIpc) is 2.85. The normalized spacial score (nSPS) is 10.3. The molecule has 0 unspecified atom stereocenters. The Morgan fingerprint density at radius 1 is 1.35 bits per heavy atom. The number of hydrogen-bond donors (Lipinski definition) is 2. The van der Waals surface area contributed by atoms with Gasteiger partial charge in [-0.05, 0) is 46.2 Å². The summed E-state index contributed by atoms with van der Waals surface area (Å²) in [6.07, 6.45) is 3.56. The van der Waals surface area contributed by atoms with Crippen molar-refractivity contribution in [3.8, 4) is 0 Å². The van der Waals surface area contributed by atoms with E-state index >= 15 is 0 Å². The van der Waals surface area contributed by atoms with Crippen LogP contribution in [0, 0.1) is 6.92 Å². The van der Waals surface area contributed by atoms with E-state index in [0.29, 0.717) is 18.7 Å². The topological polar surface area (TPSA) is 85.8 Å². The number of carbonyl (C=O) groups excluding carboxylic acids is 1. The van der Waals surface area contributed by atoms with Crippen LogP contribution in [0.2, 0.25) is 0 Å². The molecule has 2 aromatic rings. The molecule has 0 bridgehead atoms. The summed E-state index contributed by atoms with van der Waals surface area (Å²) in [5.41, 5.74) is 7.59. The van der Waals surface area contributed by atoms with Crippen molar-refractivity contribution in [1.82, 2.24) is 20.1 Å². The Kier molecular flexibility index (Phi) is 9.12. The molecule has 0 saturated heterocycles. The first-order valence-corrected chi connectivity index (χ1v) is 7.37. The van der Waals surface area contributed by atoms with Crippen molar-refractivity contribution in [1.29, 1.82) is 0 Å². The summed E-state index contributed by atoms with van der Waals surface area (Å²) in [6.45, 7) is 7.25. The lowest BCUT2D eigenvalue weighted by molar-refractivity contribution is 0.0952. The molecule has 23 heavy (non-hydrogen) atoms. The first-order valence-electron chi connectivity index (χ1n) is 7.37. The summed E-state index contributed by atoms with van der Waals surface area (Å²) >= 11 is 0. The largest absolute Gasteiger partial charge is 0.352 e. The van der Waals surface area contributed by atoms with Crippen LogP contribution in [0.25, 0.3) is 11.0 Å². The van der Waals surface area contributed by atoms with Gasteiger partial charge in [0.05, 0.1) is 17.5 Å². The fraction of sp³-hybridized carbons (Fsp3) is 0.533. The number of hydrogen-bond acceptors (Lipinski definition) is 4. The highest BCUT2D eigenvalue weighted by Gasteiger charge is 2.14. The molecule has 0 fully saturated rings. The second-order valence-corrected chi connectivity index (χ2v) is 5.47. The second kappa shape index (κ2) is 9.70. The summed E-state index contributed by atoms with van der Waals surface area (Å²) < 4.78 is 1.87. The first kappa shape index (κ1) is 21.6. The van der Waals surface area contributed by atoms with Crippen molar-refractivity contribution < 1.29 is 4.79 Å². The van der Waals surface area contributed by atoms with E-state index in [9.17, 15) is 4.79 Å². The molecule has 0 atom stereocenters. The third-order valence-corrected chi connectivity index (χ3v) is 3.41. The average molecular weight is 362 g/mol. The van der Waals surface area contributed by atoms with Gasteiger partial charge in [-0.15, -0.1) is 24.8 Å². The zero-order valence-corrected chi connectivity index (χ0v) is 15.3. The third kappa shape index (κ3) is 5.06.